The number of carbonyl (C=O) groups excluding carboxylic acids is 1. The van der Waals surface area contributed by atoms with Crippen molar-refractivity contribution >= 4 is 5.91 Å². The minimum absolute atomic E-state index is 0.000123. The maximum atomic E-state index is 12.4. The number of nitrogens with one attached hydrogen (secondary N) is 1. The zero-order valence-electron chi connectivity index (χ0n) is 11.4. The van der Waals surface area contributed by atoms with Crippen molar-refractivity contribution in [2.45, 2.75) is 32.4 Å². The molecule has 1 aliphatic rings. The molecule has 5 heteroatoms. The van der Waals surface area contributed by atoms with Crippen LogP contribution in [-0.2, 0) is 4.79 Å². The molecule has 2 N–H and O–H groups in total. The first-order chi connectivity index (χ1) is 7.91. The molecular formula is C12H25N3O2. The van der Waals surface area contributed by atoms with E-state index >= 15 is 0 Å². The molecule has 0 radical (unpaired) electrons. The molecule has 1 amide bonds. The summed E-state index contributed by atoms with van der Waals surface area (Å²) in [5.41, 5.74) is -0.500. The summed E-state index contributed by atoms with van der Waals surface area (Å²) in [7, 11) is 1.76. The fourth-order valence-corrected chi connectivity index (χ4v) is 2.11. The number of carbonyl (C=O) groups is 1. The number of hydrogen-bond acceptors (Lipinski definition) is 4. The first-order valence-electron chi connectivity index (χ1n) is 6.25. The third-order valence-electron chi connectivity index (χ3n) is 3.68. The van der Waals surface area contributed by atoms with Crippen molar-refractivity contribution in [1.29, 1.82) is 0 Å². The van der Waals surface area contributed by atoms with Crippen LogP contribution in [0.2, 0.25) is 0 Å². The van der Waals surface area contributed by atoms with Crippen molar-refractivity contribution in [3.63, 3.8) is 0 Å². The second-order valence-electron chi connectivity index (χ2n) is 5.24. The van der Waals surface area contributed by atoms with Gasteiger partial charge in [0.25, 0.3) is 0 Å². The van der Waals surface area contributed by atoms with Crippen LogP contribution in [0, 0.1) is 0 Å². The molecule has 0 spiro atoms. The lowest BCUT2D eigenvalue weighted by molar-refractivity contribution is -0.144. The largest absolute Gasteiger partial charge is 0.394 e. The zero-order valence-corrected chi connectivity index (χ0v) is 11.4. The van der Waals surface area contributed by atoms with Gasteiger partial charge in [0.05, 0.1) is 18.2 Å². The van der Waals surface area contributed by atoms with Crippen LogP contribution in [0.25, 0.3) is 0 Å². The lowest BCUT2D eigenvalue weighted by atomic mass is 9.99. The molecule has 1 aliphatic heterocycles. The third kappa shape index (κ3) is 3.18. The average Bonchev–Trinajstić information content (AvgIpc) is 2.37. The molecule has 0 aromatic rings. The smallest absolute Gasteiger partial charge is 0.242 e. The fourth-order valence-electron chi connectivity index (χ4n) is 2.11. The van der Waals surface area contributed by atoms with Crippen LogP contribution in [0.3, 0.4) is 0 Å². The number of amides is 1. The van der Waals surface area contributed by atoms with E-state index in [9.17, 15) is 4.79 Å². The van der Waals surface area contributed by atoms with Gasteiger partial charge in [0, 0.05) is 33.2 Å². The van der Waals surface area contributed by atoms with Gasteiger partial charge in [-0.2, -0.15) is 0 Å². The molecule has 0 saturated carbocycles. The molecule has 5 nitrogen and oxygen atoms in total. The molecule has 0 aromatic carbocycles. The normalized spacial score (nSPS) is 20.1. The maximum absolute atomic E-state index is 12.4. The SMILES string of the molecule is CC(CO)N(C)C(=O)C(C)(C)N1CCNCC1. The van der Waals surface area contributed by atoms with E-state index in [-0.39, 0.29) is 18.6 Å². The number of likely N-dealkylation sites (N-methyl/N-ethyl adjacent to an activating group) is 1. The van der Waals surface area contributed by atoms with E-state index in [4.69, 9.17) is 5.11 Å². The monoisotopic (exact) mass is 243 g/mol. The number of rotatable bonds is 4. The molecule has 1 saturated heterocycles. The summed E-state index contributed by atoms with van der Waals surface area (Å²) in [6.07, 6.45) is 0. The van der Waals surface area contributed by atoms with E-state index in [0.29, 0.717) is 0 Å². The van der Waals surface area contributed by atoms with E-state index in [0.717, 1.165) is 26.2 Å². The highest BCUT2D eigenvalue weighted by Crippen LogP contribution is 2.18. The van der Waals surface area contributed by atoms with Gasteiger partial charge in [0.15, 0.2) is 0 Å². The van der Waals surface area contributed by atoms with Crippen LogP contribution in [-0.4, -0.2) is 72.2 Å². The summed E-state index contributed by atoms with van der Waals surface area (Å²) in [5, 5.41) is 12.4. The van der Waals surface area contributed by atoms with Crippen molar-refractivity contribution in [1.82, 2.24) is 15.1 Å². The van der Waals surface area contributed by atoms with E-state index in [1.54, 1.807) is 11.9 Å². The van der Waals surface area contributed by atoms with Crippen LogP contribution in [0.5, 0.6) is 0 Å². The molecule has 0 bridgehead atoms. The van der Waals surface area contributed by atoms with Crippen LogP contribution in [0.1, 0.15) is 20.8 Å². The Bertz CT molecular complexity index is 262. The van der Waals surface area contributed by atoms with Crippen molar-refractivity contribution in [2.24, 2.45) is 0 Å². The van der Waals surface area contributed by atoms with Crippen LogP contribution in [0.15, 0.2) is 0 Å². The Morgan fingerprint density at radius 3 is 2.47 bits per heavy atom. The topological polar surface area (TPSA) is 55.8 Å². The summed E-state index contributed by atoms with van der Waals surface area (Å²) in [5.74, 6) is 0.0703. The Morgan fingerprint density at radius 1 is 1.47 bits per heavy atom. The van der Waals surface area contributed by atoms with E-state index < -0.39 is 5.54 Å². The molecule has 100 valence electrons. The number of aliphatic hydroxyl groups is 1. The Balaban J connectivity index is 2.70. The van der Waals surface area contributed by atoms with Crippen molar-refractivity contribution in [3.8, 4) is 0 Å². The lowest BCUT2D eigenvalue weighted by Crippen LogP contribution is -2.61. The van der Waals surface area contributed by atoms with Gasteiger partial charge in [-0.1, -0.05) is 0 Å². The molecule has 1 unspecified atom stereocenters. The quantitative estimate of drug-likeness (QED) is 0.699. The molecule has 0 aliphatic carbocycles. The van der Waals surface area contributed by atoms with E-state index in [1.807, 2.05) is 20.8 Å². The summed E-state index contributed by atoms with van der Waals surface area (Å²) in [6.45, 7) is 9.40. The van der Waals surface area contributed by atoms with Crippen molar-refractivity contribution < 1.29 is 9.90 Å². The number of aliphatic hydroxyl groups excluding tert-OH is 1. The van der Waals surface area contributed by atoms with Gasteiger partial charge in [0.1, 0.15) is 0 Å². The summed E-state index contributed by atoms with van der Waals surface area (Å²) in [4.78, 5) is 16.3. The summed E-state index contributed by atoms with van der Waals surface area (Å²) >= 11 is 0. The second kappa shape index (κ2) is 5.80. The van der Waals surface area contributed by atoms with Gasteiger partial charge in [0.2, 0.25) is 5.91 Å². The zero-order chi connectivity index (χ0) is 13.1. The van der Waals surface area contributed by atoms with Gasteiger partial charge in [-0.25, -0.2) is 0 Å². The van der Waals surface area contributed by atoms with Crippen molar-refractivity contribution in [2.75, 3.05) is 39.8 Å². The maximum Gasteiger partial charge on any atom is 0.242 e. The molecule has 17 heavy (non-hydrogen) atoms. The average molecular weight is 243 g/mol. The van der Waals surface area contributed by atoms with Crippen LogP contribution < -0.4 is 5.32 Å². The first kappa shape index (κ1) is 14.4. The van der Waals surface area contributed by atoms with E-state index in [2.05, 4.69) is 10.2 Å². The molecule has 1 heterocycles. The Kier molecular flexibility index (Phi) is 4.91. The summed E-state index contributed by atoms with van der Waals surface area (Å²) < 4.78 is 0. The molecule has 1 atom stereocenters. The molecular weight excluding hydrogens is 218 g/mol. The predicted molar refractivity (Wildman–Crippen MR) is 67.8 cm³/mol. The number of nitrogens with zero attached hydrogens (tertiary/aromatic N) is 2. The lowest BCUT2D eigenvalue weighted by Gasteiger charge is -2.42. The fraction of sp³-hybridized carbons (Fsp3) is 0.917. The highest BCUT2D eigenvalue weighted by molar-refractivity contribution is 5.85. The predicted octanol–water partition coefficient (Wildman–Crippen LogP) is -0.491. The minimum Gasteiger partial charge on any atom is -0.394 e. The van der Waals surface area contributed by atoms with Crippen molar-refractivity contribution in [3.05, 3.63) is 0 Å². The molecule has 1 rings (SSSR count). The molecule has 0 aromatic heterocycles. The van der Waals surface area contributed by atoms with Crippen LogP contribution in [0.4, 0.5) is 0 Å². The number of piperazine rings is 1. The van der Waals surface area contributed by atoms with Gasteiger partial charge in [-0.05, 0) is 20.8 Å². The van der Waals surface area contributed by atoms with E-state index in [1.165, 1.54) is 0 Å². The molecule has 1 fully saturated rings. The summed E-state index contributed by atoms with van der Waals surface area (Å²) in [6, 6.07) is -0.135. The standard InChI is InChI=1S/C12H25N3O2/c1-10(9-16)14(4)11(17)12(2,3)15-7-5-13-6-8-15/h10,13,16H,5-9H2,1-4H3. The highest BCUT2D eigenvalue weighted by Gasteiger charge is 2.38. The Hall–Kier alpha value is -0.650. The van der Waals surface area contributed by atoms with Gasteiger partial charge >= 0.3 is 0 Å². The first-order valence-corrected chi connectivity index (χ1v) is 6.25. The Labute approximate surface area is 104 Å². The second-order valence-corrected chi connectivity index (χ2v) is 5.24. The number of hydrogen-bond donors (Lipinski definition) is 2. The van der Waals surface area contributed by atoms with Crippen LogP contribution >= 0.6 is 0 Å². The van der Waals surface area contributed by atoms with Gasteiger partial charge < -0.3 is 15.3 Å². The Morgan fingerprint density at radius 2 is 2.00 bits per heavy atom. The highest BCUT2D eigenvalue weighted by atomic mass is 16.3. The van der Waals surface area contributed by atoms with Gasteiger partial charge in [-0.15, -0.1) is 0 Å². The minimum atomic E-state index is -0.500. The van der Waals surface area contributed by atoms with Gasteiger partial charge in [-0.3, -0.25) is 9.69 Å². The third-order valence-corrected chi connectivity index (χ3v) is 3.68.